The number of carbonyl (C=O) groups is 1. The maximum absolute atomic E-state index is 9.77. The van der Waals surface area contributed by atoms with Crippen molar-refractivity contribution in [2.75, 3.05) is 5.75 Å². The van der Waals surface area contributed by atoms with Crippen LogP contribution < -0.4 is 5.73 Å². The number of carboxylic acids is 1. The molecule has 0 atom stereocenters. The molecule has 0 heterocycles. The number of carboxylic acid groups (broad SMARTS) is 1. The van der Waals surface area contributed by atoms with Crippen LogP contribution in [0.3, 0.4) is 0 Å². The molecule has 0 aliphatic rings. The fourth-order valence-electron chi connectivity index (χ4n) is 0.133. The SMILES string of the molecule is NC(=S)SCC(=O)O.[NaH].[NaH]. The Kier molecular flexibility index (Phi) is 19.0. The summed E-state index contributed by atoms with van der Waals surface area (Å²) in [6.07, 6.45) is 0. The second-order valence-electron chi connectivity index (χ2n) is 1.00. The van der Waals surface area contributed by atoms with Gasteiger partial charge in [0.25, 0.3) is 0 Å². The summed E-state index contributed by atoms with van der Waals surface area (Å²) in [6, 6.07) is 0. The molecule has 3 nitrogen and oxygen atoms in total. The van der Waals surface area contributed by atoms with Gasteiger partial charge in [0.05, 0.1) is 5.75 Å². The summed E-state index contributed by atoms with van der Waals surface area (Å²) in [5, 5.41) is 8.03. The summed E-state index contributed by atoms with van der Waals surface area (Å²) >= 11 is 5.34. The van der Waals surface area contributed by atoms with Crippen LogP contribution in [-0.4, -0.2) is 80.3 Å². The van der Waals surface area contributed by atoms with Gasteiger partial charge in [0.1, 0.15) is 4.32 Å². The number of nitrogens with two attached hydrogens (primary N) is 1. The van der Waals surface area contributed by atoms with Gasteiger partial charge in [-0.25, -0.2) is 0 Å². The number of thioether (sulfide) groups is 1. The van der Waals surface area contributed by atoms with E-state index in [0.717, 1.165) is 11.8 Å². The van der Waals surface area contributed by atoms with E-state index in [9.17, 15) is 4.79 Å². The molecule has 7 heteroatoms. The summed E-state index contributed by atoms with van der Waals surface area (Å²) < 4.78 is 0.174. The summed E-state index contributed by atoms with van der Waals surface area (Å²) in [4.78, 5) is 9.77. The van der Waals surface area contributed by atoms with Gasteiger partial charge < -0.3 is 10.8 Å². The van der Waals surface area contributed by atoms with E-state index in [1.165, 1.54) is 0 Å². The van der Waals surface area contributed by atoms with E-state index < -0.39 is 5.97 Å². The average molecular weight is 199 g/mol. The van der Waals surface area contributed by atoms with Crippen molar-refractivity contribution in [1.82, 2.24) is 0 Å². The molecule has 0 spiro atoms. The molecule has 0 rings (SSSR count). The third-order valence-electron chi connectivity index (χ3n) is 0.338. The fourth-order valence-corrected chi connectivity index (χ4v) is 0.575. The van der Waals surface area contributed by atoms with E-state index in [4.69, 9.17) is 10.8 Å². The summed E-state index contributed by atoms with van der Waals surface area (Å²) in [6.45, 7) is 0. The third-order valence-corrected chi connectivity index (χ3v) is 1.37. The van der Waals surface area contributed by atoms with Gasteiger partial charge in [-0.1, -0.05) is 24.0 Å². The molecule has 0 aromatic rings. The average Bonchev–Trinajstić information content (AvgIpc) is 1.61. The Labute approximate surface area is 113 Å². The second-order valence-corrected chi connectivity index (χ2v) is 2.72. The summed E-state index contributed by atoms with van der Waals surface area (Å²) in [5.74, 6) is -0.946. The van der Waals surface area contributed by atoms with E-state index in [0.29, 0.717) is 0 Å². The predicted octanol–water partition coefficient (Wildman–Crippen LogP) is -1.25. The zero-order valence-corrected chi connectivity index (χ0v) is 5.59. The van der Waals surface area contributed by atoms with Crippen LogP contribution in [0.2, 0.25) is 0 Å². The molecule has 50 valence electrons. The molecule has 3 N–H and O–H groups in total. The molecule has 0 aliphatic heterocycles. The quantitative estimate of drug-likeness (QED) is 0.430. The van der Waals surface area contributed by atoms with Crippen LogP contribution in [0.25, 0.3) is 0 Å². The van der Waals surface area contributed by atoms with Crippen LogP contribution in [0.4, 0.5) is 0 Å². The second kappa shape index (κ2) is 10.7. The number of hydrogen-bond acceptors (Lipinski definition) is 3. The van der Waals surface area contributed by atoms with Crippen LogP contribution >= 0.6 is 24.0 Å². The minimum absolute atomic E-state index is 0. The molecule has 0 aliphatic carbocycles. The fraction of sp³-hybridized carbons (Fsp3) is 0.333. The Hall–Kier alpha value is 1.71. The molecule has 0 radical (unpaired) electrons. The first-order valence-corrected chi connectivity index (χ1v) is 3.16. The van der Waals surface area contributed by atoms with E-state index in [2.05, 4.69) is 12.2 Å². The third kappa shape index (κ3) is 16.4. The Morgan fingerprint density at radius 3 is 2.10 bits per heavy atom. The van der Waals surface area contributed by atoms with E-state index >= 15 is 0 Å². The monoisotopic (exact) mass is 199 g/mol. The molecule has 0 saturated carbocycles. The van der Waals surface area contributed by atoms with Crippen molar-refractivity contribution in [3.63, 3.8) is 0 Å². The van der Waals surface area contributed by atoms with E-state index in [1.807, 2.05) is 0 Å². The standard InChI is InChI=1S/C3H5NO2S2.2Na.2H/c4-3(7)8-1-2(5)6;;;;/h1H2,(H2,4,7)(H,5,6);;;;. The number of thiocarbonyl (C=S) groups is 1. The van der Waals surface area contributed by atoms with Crippen molar-refractivity contribution < 1.29 is 9.90 Å². The van der Waals surface area contributed by atoms with Crippen LogP contribution in [0.1, 0.15) is 0 Å². The molecular formula is C3H7NNa2O2S2. The minimum atomic E-state index is -0.900. The number of aliphatic carboxylic acids is 1. The van der Waals surface area contributed by atoms with Crippen LogP contribution in [-0.2, 0) is 4.79 Å². The Morgan fingerprint density at radius 2 is 2.00 bits per heavy atom. The van der Waals surface area contributed by atoms with Crippen molar-refractivity contribution in [2.24, 2.45) is 5.73 Å². The molecule has 0 bridgehead atoms. The zero-order chi connectivity index (χ0) is 6.57. The van der Waals surface area contributed by atoms with Gasteiger partial charge in [0.2, 0.25) is 0 Å². The normalized spacial score (nSPS) is 6.80. The van der Waals surface area contributed by atoms with Crippen molar-refractivity contribution in [2.45, 2.75) is 0 Å². The molecule has 0 saturated heterocycles. The Balaban J connectivity index is -0.000000245. The van der Waals surface area contributed by atoms with E-state index in [-0.39, 0.29) is 69.2 Å². The Morgan fingerprint density at radius 1 is 1.60 bits per heavy atom. The molecule has 0 aromatic heterocycles. The van der Waals surface area contributed by atoms with Gasteiger partial charge in [-0.3, -0.25) is 4.79 Å². The van der Waals surface area contributed by atoms with Crippen molar-refractivity contribution in [1.29, 1.82) is 0 Å². The summed E-state index contributed by atoms with van der Waals surface area (Å²) in [7, 11) is 0. The van der Waals surface area contributed by atoms with Crippen LogP contribution in [0.5, 0.6) is 0 Å². The molecule has 0 aromatic carbocycles. The van der Waals surface area contributed by atoms with Crippen molar-refractivity contribution in [3.05, 3.63) is 0 Å². The molecular weight excluding hydrogens is 192 g/mol. The first kappa shape index (κ1) is 17.7. The van der Waals surface area contributed by atoms with E-state index in [1.54, 1.807) is 0 Å². The maximum atomic E-state index is 9.77. The van der Waals surface area contributed by atoms with Gasteiger partial charge in [0, 0.05) is 0 Å². The van der Waals surface area contributed by atoms with Gasteiger partial charge in [-0.2, -0.15) is 0 Å². The van der Waals surface area contributed by atoms with Gasteiger partial charge >= 0.3 is 65.1 Å². The van der Waals surface area contributed by atoms with Crippen LogP contribution in [0, 0.1) is 0 Å². The number of rotatable bonds is 2. The molecule has 10 heavy (non-hydrogen) atoms. The van der Waals surface area contributed by atoms with Gasteiger partial charge in [0.15, 0.2) is 0 Å². The topological polar surface area (TPSA) is 63.3 Å². The predicted molar refractivity (Wildman–Crippen MR) is 51.2 cm³/mol. The first-order valence-electron chi connectivity index (χ1n) is 1.77. The Bertz CT molecular complexity index is 107. The zero-order valence-electron chi connectivity index (χ0n) is 3.96. The molecule has 0 amide bonds. The van der Waals surface area contributed by atoms with Crippen molar-refractivity contribution in [3.8, 4) is 0 Å². The van der Waals surface area contributed by atoms with Gasteiger partial charge in [-0.15, -0.1) is 0 Å². The van der Waals surface area contributed by atoms with Gasteiger partial charge in [-0.05, 0) is 0 Å². The number of hydrogen-bond donors (Lipinski definition) is 2. The van der Waals surface area contributed by atoms with Crippen LogP contribution in [0.15, 0.2) is 0 Å². The molecule has 0 unspecified atom stereocenters. The summed E-state index contributed by atoms with van der Waals surface area (Å²) in [5.41, 5.74) is 4.97. The van der Waals surface area contributed by atoms with Crippen molar-refractivity contribution >= 4 is 93.4 Å². The first-order chi connectivity index (χ1) is 3.63. The molecule has 0 fully saturated rings.